The minimum absolute atomic E-state index is 0.699. The van der Waals surface area contributed by atoms with Gasteiger partial charge in [-0.3, -0.25) is 0 Å². The molecule has 4 N–H and O–H groups in total. The van der Waals surface area contributed by atoms with E-state index in [-0.39, 0.29) is 0 Å². The van der Waals surface area contributed by atoms with Gasteiger partial charge in [0.2, 0.25) is 0 Å². The van der Waals surface area contributed by atoms with Gasteiger partial charge in [-0.15, -0.1) is 0 Å². The number of nitrogen functional groups attached to an aromatic ring is 1. The third kappa shape index (κ3) is 4.00. The van der Waals surface area contributed by atoms with Crippen LogP contribution in [0, 0.1) is 0 Å². The second-order valence-corrected chi connectivity index (χ2v) is 4.51. The van der Waals surface area contributed by atoms with E-state index in [1.54, 1.807) is 0 Å². The highest BCUT2D eigenvalue weighted by Crippen LogP contribution is 2.29. The van der Waals surface area contributed by atoms with Crippen LogP contribution in [0.3, 0.4) is 0 Å². The van der Waals surface area contributed by atoms with Crippen LogP contribution in [-0.2, 0) is 6.54 Å². The molecule has 102 valence electrons. The Balaban J connectivity index is 0.000000771. The largest absolute Gasteiger partial charge is 0.399 e. The molecule has 1 aromatic carbocycles. The first-order valence-corrected chi connectivity index (χ1v) is 7.05. The molecule has 1 heterocycles. The summed E-state index contributed by atoms with van der Waals surface area (Å²) in [7, 11) is 1.98. The molecule has 0 aromatic heterocycles. The van der Waals surface area contributed by atoms with Crippen molar-refractivity contribution in [3.63, 3.8) is 0 Å². The van der Waals surface area contributed by atoms with Crippen molar-refractivity contribution in [3.8, 4) is 0 Å². The fourth-order valence-corrected chi connectivity index (χ4v) is 2.50. The van der Waals surface area contributed by atoms with Crippen LogP contribution in [0.2, 0.25) is 0 Å². The van der Waals surface area contributed by atoms with Gasteiger partial charge >= 0.3 is 0 Å². The summed E-state index contributed by atoms with van der Waals surface area (Å²) in [6, 6.07) is 6.34. The van der Waals surface area contributed by atoms with Gasteiger partial charge in [0.1, 0.15) is 0 Å². The Morgan fingerprint density at radius 3 is 2.56 bits per heavy atom. The summed E-state index contributed by atoms with van der Waals surface area (Å²) in [4.78, 5) is 0. The number of nitrogens with two attached hydrogens (primary N) is 1. The lowest BCUT2D eigenvalue weighted by Gasteiger charge is -2.25. The molecule has 18 heavy (non-hydrogen) atoms. The number of anilines is 1. The number of benzene rings is 1. The van der Waals surface area contributed by atoms with Crippen LogP contribution in [0.5, 0.6) is 0 Å². The van der Waals surface area contributed by atoms with Crippen LogP contribution in [0.15, 0.2) is 18.2 Å². The summed E-state index contributed by atoms with van der Waals surface area (Å²) in [5, 5.41) is 6.63. The maximum absolute atomic E-state index is 5.85. The zero-order valence-corrected chi connectivity index (χ0v) is 11.9. The Labute approximate surface area is 111 Å². The molecule has 3 heteroatoms. The molecule has 1 aliphatic rings. The van der Waals surface area contributed by atoms with Crippen molar-refractivity contribution in [3.05, 3.63) is 29.3 Å². The van der Waals surface area contributed by atoms with Gasteiger partial charge in [0.25, 0.3) is 0 Å². The quantitative estimate of drug-likeness (QED) is 0.721. The Hall–Kier alpha value is -1.06. The van der Waals surface area contributed by atoms with Crippen LogP contribution >= 0.6 is 0 Å². The maximum atomic E-state index is 5.85. The molecule has 0 bridgehead atoms. The van der Waals surface area contributed by atoms with E-state index in [4.69, 9.17) is 5.73 Å². The Kier molecular flexibility index (Phi) is 6.76. The fourth-order valence-electron chi connectivity index (χ4n) is 2.50. The zero-order valence-electron chi connectivity index (χ0n) is 11.9. The van der Waals surface area contributed by atoms with Crippen LogP contribution in [0.1, 0.15) is 43.7 Å². The van der Waals surface area contributed by atoms with E-state index in [2.05, 4.69) is 22.8 Å². The fraction of sp³-hybridized carbons (Fsp3) is 0.600. The molecule has 1 fully saturated rings. The summed E-state index contributed by atoms with van der Waals surface area (Å²) in [5.74, 6) is 0.699. The summed E-state index contributed by atoms with van der Waals surface area (Å²) in [6.45, 7) is 7.17. The lowest BCUT2D eigenvalue weighted by molar-refractivity contribution is 0.457. The molecule has 0 aliphatic carbocycles. The van der Waals surface area contributed by atoms with Crippen molar-refractivity contribution in [1.82, 2.24) is 10.6 Å². The molecular formula is C15H27N3. The van der Waals surface area contributed by atoms with Gasteiger partial charge in [-0.1, -0.05) is 19.9 Å². The highest BCUT2D eigenvalue weighted by molar-refractivity contribution is 5.46. The summed E-state index contributed by atoms with van der Waals surface area (Å²) < 4.78 is 0. The topological polar surface area (TPSA) is 50.1 Å². The lowest BCUT2D eigenvalue weighted by atomic mass is 9.87. The van der Waals surface area contributed by atoms with Crippen molar-refractivity contribution in [2.24, 2.45) is 0 Å². The van der Waals surface area contributed by atoms with Crippen LogP contribution in [-0.4, -0.2) is 20.1 Å². The number of hydrogen-bond acceptors (Lipinski definition) is 3. The van der Waals surface area contributed by atoms with Crippen molar-refractivity contribution in [1.29, 1.82) is 0 Å². The molecule has 1 aliphatic heterocycles. The van der Waals surface area contributed by atoms with E-state index in [1.807, 2.05) is 27.0 Å². The minimum atomic E-state index is 0.699. The van der Waals surface area contributed by atoms with Crippen LogP contribution in [0.25, 0.3) is 0 Å². The number of hydrogen-bond donors (Lipinski definition) is 3. The molecule has 1 aromatic rings. The molecule has 3 nitrogen and oxygen atoms in total. The van der Waals surface area contributed by atoms with Crippen molar-refractivity contribution in [2.45, 2.75) is 39.2 Å². The third-order valence-corrected chi connectivity index (χ3v) is 3.31. The lowest BCUT2D eigenvalue weighted by Crippen LogP contribution is -2.27. The van der Waals surface area contributed by atoms with E-state index in [9.17, 15) is 0 Å². The molecule has 0 radical (unpaired) electrons. The summed E-state index contributed by atoms with van der Waals surface area (Å²) in [6.07, 6.45) is 2.47. The maximum Gasteiger partial charge on any atom is 0.0317 e. The van der Waals surface area contributed by atoms with Crippen LogP contribution in [0.4, 0.5) is 5.69 Å². The summed E-state index contributed by atoms with van der Waals surface area (Å²) >= 11 is 0. The van der Waals surface area contributed by atoms with Gasteiger partial charge in [-0.2, -0.15) is 0 Å². The van der Waals surface area contributed by atoms with Gasteiger partial charge < -0.3 is 16.4 Å². The molecule has 2 rings (SSSR count). The Morgan fingerprint density at radius 2 is 1.94 bits per heavy atom. The second kappa shape index (κ2) is 8.11. The molecule has 0 atom stereocenters. The number of nitrogens with one attached hydrogen (secondary N) is 2. The number of piperidine rings is 1. The molecule has 0 unspecified atom stereocenters. The standard InChI is InChI=1S/C13H21N3.C2H6/c1-15-9-11-8-12(14)2-3-13(11)10-4-6-16-7-5-10;1-2/h2-3,8,10,15-16H,4-7,9,14H2,1H3;1-2H3. The van der Waals surface area contributed by atoms with E-state index >= 15 is 0 Å². The monoisotopic (exact) mass is 249 g/mol. The first kappa shape index (κ1) is 15.0. The van der Waals surface area contributed by atoms with Gasteiger partial charge in [-0.05, 0) is 62.2 Å². The van der Waals surface area contributed by atoms with Crippen molar-refractivity contribution >= 4 is 5.69 Å². The van der Waals surface area contributed by atoms with Gasteiger partial charge in [-0.25, -0.2) is 0 Å². The Bertz CT molecular complexity index is 344. The highest BCUT2D eigenvalue weighted by Gasteiger charge is 2.17. The van der Waals surface area contributed by atoms with E-state index in [1.165, 1.54) is 24.0 Å². The Morgan fingerprint density at radius 1 is 1.28 bits per heavy atom. The minimum Gasteiger partial charge on any atom is -0.399 e. The van der Waals surface area contributed by atoms with E-state index < -0.39 is 0 Å². The third-order valence-electron chi connectivity index (χ3n) is 3.31. The van der Waals surface area contributed by atoms with Gasteiger partial charge in [0, 0.05) is 12.2 Å². The predicted molar refractivity (Wildman–Crippen MR) is 79.8 cm³/mol. The highest BCUT2D eigenvalue weighted by atomic mass is 14.9. The average Bonchev–Trinajstić information content (AvgIpc) is 2.43. The average molecular weight is 249 g/mol. The van der Waals surface area contributed by atoms with Gasteiger partial charge in [0.15, 0.2) is 0 Å². The number of rotatable bonds is 3. The van der Waals surface area contributed by atoms with Gasteiger partial charge in [0.05, 0.1) is 0 Å². The normalized spacial score (nSPS) is 15.9. The SMILES string of the molecule is CC.CNCc1cc(N)ccc1C1CCNCC1. The first-order valence-electron chi connectivity index (χ1n) is 7.05. The molecule has 0 spiro atoms. The predicted octanol–water partition coefficient (Wildman–Crippen LogP) is 2.48. The van der Waals surface area contributed by atoms with Crippen LogP contribution < -0.4 is 16.4 Å². The van der Waals surface area contributed by atoms with Crippen molar-refractivity contribution in [2.75, 3.05) is 25.9 Å². The molecule has 0 saturated carbocycles. The zero-order chi connectivity index (χ0) is 13.4. The second-order valence-electron chi connectivity index (χ2n) is 4.51. The van der Waals surface area contributed by atoms with Crippen molar-refractivity contribution < 1.29 is 0 Å². The molecule has 0 amide bonds. The first-order chi connectivity index (χ1) is 8.81. The van der Waals surface area contributed by atoms with E-state index in [0.29, 0.717) is 5.92 Å². The molecular weight excluding hydrogens is 222 g/mol. The molecule has 1 saturated heterocycles. The van der Waals surface area contributed by atoms with E-state index in [0.717, 1.165) is 25.3 Å². The summed E-state index contributed by atoms with van der Waals surface area (Å²) in [5.41, 5.74) is 9.54. The smallest absolute Gasteiger partial charge is 0.0317 e.